The molecule has 0 aliphatic carbocycles. The number of alkyl halides is 1. The Morgan fingerprint density at radius 3 is 2.33 bits per heavy atom. The molecule has 0 saturated carbocycles. The Morgan fingerprint density at radius 2 is 1.75 bits per heavy atom. The molecule has 3 aromatic rings. The van der Waals surface area contributed by atoms with Crippen molar-refractivity contribution < 1.29 is 8.42 Å². The summed E-state index contributed by atoms with van der Waals surface area (Å²) in [4.78, 5) is 0.250. The quantitative estimate of drug-likeness (QED) is 0.567. The normalized spacial score (nSPS) is 12.2. The summed E-state index contributed by atoms with van der Waals surface area (Å²) < 4.78 is 27.3. The van der Waals surface area contributed by atoms with E-state index in [1.54, 1.807) is 36.5 Å². The SMILES string of the molecule is CC(C)c1ccc(S(=O)(=O)n2cc(CCl)c3cc(Cl)ccc32)cc1. The molecule has 126 valence electrons. The minimum absolute atomic E-state index is 0.214. The molecule has 3 rings (SSSR count). The van der Waals surface area contributed by atoms with Crippen LogP contribution in [0, 0.1) is 0 Å². The molecule has 0 unspecified atom stereocenters. The zero-order chi connectivity index (χ0) is 17.5. The maximum atomic E-state index is 13.0. The van der Waals surface area contributed by atoms with Crippen LogP contribution in [-0.4, -0.2) is 12.4 Å². The van der Waals surface area contributed by atoms with Crippen molar-refractivity contribution in [2.24, 2.45) is 0 Å². The Morgan fingerprint density at radius 1 is 1.08 bits per heavy atom. The van der Waals surface area contributed by atoms with Crippen LogP contribution in [0.25, 0.3) is 10.9 Å². The molecule has 0 amide bonds. The van der Waals surface area contributed by atoms with Crippen LogP contribution in [0.5, 0.6) is 0 Å². The zero-order valence-corrected chi connectivity index (χ0v) is 15.7. The highest BCUT2D eigenvalue weighted by Gasteiger charge is 2.21. The molecule has 0 bridgehead atoms. The van der Waals surface area contributed by atoms with E-state index in [2.05, 4.69) is 13.8 Å². The summed E-state index contributed by atoms with van der Waals surface area (Å²) in [7, 11) is -3.70. The molecular formula is C18H17Cl2NO2S. The maximum Gasteiger partial charge on any atom is 0.268 e. The third-order valence-corrected chi connectivity index (χ3v) is 6.27. The van der Waals surface area contributed by atoms with E-state index in [0.29, 0.717) is 16.5 Å². The van der Waals surface area contributed by atoms with Crippen LogP contribution in [0.4, 0.5) is 0 Å². The monoisotopic (exact) mass is 381 g/mol. The summed E-state index contributed by atoms with van der Waals surface area (Å²) in [5.74, 6) is 0.560. The zero-order valence-electron chi connectivity index (χ0n) is 13.3. The minimum Gasteiger partial charge on any atom is -0.241 e. The number of nitrogens with zero attached hydrogens (tertiary/aromatic N) is 1. The molecule has 0 spiro atoms. The van der Waals surface area contributed by atoms with Crippen LogP contribution in [0.1, 0.15) is 30.9 Å². The van der Waals surface area contributed by atoms with Gasteiger partial charge in [-0.25, -0.2) is 12.4 Å². The third kappa shape index (κ3) is 2.94. The van der Waals surface area contributed by atoms with Crippen LogP contribution < -0.4 is 0 Å². The van der Waals surface area contributed by atoms with Crippen molar-refractivity contribution in [1.29, 1.82) is 0 Å². The number of fused-ring (bicyclic) bond motifs is 1. The summed E-state index contributed by atoms with van der Waals surface area (Å²) in [5.41, 5.74) is 2.40. The van der Waals surface area contributed by atoms with Gasteiger partial charge in [-0.05, 0) is 47.4 Å². The lowest BCUT2D eigenvalue weighted by Gasteiger charge is -2.10. The first kappa shape index (κ1) is 17.3. The predicted molar refractivity (Wildman–Crippen MR) is 99.6 cm³/mol. The minimum atomic E-state index is -3.70. The van der Waals surface area contributed by atoms with Crippen molar-refractivity contribution >= 4 is 44.1 Å². The van der Waals surface area contributed by atoms with Crippen LogP contribution in [0.2, 0.25) is 5.02 Å². The van der Waals surface area contributed by atoms with Gasteiger partial charge in [0.15, 0.2) is 0 Å². The Balaban J connectivity index is 2.18. The Kier molecular flexibility index (Phi) is 4.65. The van der Waals surface area contributed by atoms with E-state index in [9.17, 15) is 8.42 Å². The fraction of sp³-hybridized carbons (Fsp3) is 0.222. The molecule has 0 aliphatic rings. The number of aromatic nitrogens is 1. The number of hydrogen-bond donors (Lipinski definition) is 0. The number of benzene rings is 2. The largest absolute Gasteiger partial charge is 0.268 e. The van der Waals surface area contributed by atoms with E-state index in [0.717, 1.165) is 16.5 Å². The van der Waals surface area contributed by atoms with Crippen molar-refractivity contribution in [3.8, 4) is 0 Å². The van der Waals surface area contributed by atoms with Crippen molar-refractivity contribution in [2.75, 3.05) is 0 Å². The molecule has 3 nitrogen and oxygen atoms in total. The van der Waals surface area contributed by atoms with E-state index in [4.69, 9.17) is 23.2 Å². The molecule has 1 aromatic heterocycles. The maximum absolute atomic E-state index is 13.0. The highest BCUT2D eigenvalue weighted by molar-refractivity contribution is 7.90. The van der Waals surface area contributed by atoms with Gasteiger partial charge in [0.25, 0.3) is 10.0 Å². The molecule has 0 N–H and O–H groups in total. The number of rotatable bonds is 4. The second-order valence-corrected chi connectivity index (χ2v) is 8.49. The lowest BCUT2D eigenvalue weighted by atomic mass is 10.0. The first-order chi connectivity index (χ1) is 11.3. The first-order valence-corrected chi connectivity index (χ1v) is 9.91. The molecule has 0 atom stereocenters. The van der Waals surface area contributed by atoms with Gasteiger partial charge in [0, 0.05) is 22.5 Å². The van der Waals surface area contributed by atoms with Crippen LogP contribution in [0.15, 0.2) is 53.6 Å². The molecule has 6 heteroatoms. The average Bonchev–Trinajstić information content (AvgIpc) is 2.93. The summed E-state index contributed by atoms with van der Waals surface area (Å²) in [6.07, 6.45) is 1.57. The van der Waals surface area contributed by atoms with Crippen LogP contribution in [0.3, 0.4) is 0 Å². The van der Waals surface area contributed by atoms with E-state index >= 15 is 0 Å². The Labute approximate surface area is 151 Å². The second kappa shape index (κ2) is 6.43. The first-order valence-electron chi connectivity index (χ1n) is 7.55. The lowest BCUT2D eigenvalue weighted by Crippen LogP contribution is -2.12. The third-order valence-electron chi connectivity index (χ3n) is 4.06. The van der Waals surface area contributed by atoms with Crippen molar-refractivity contribution in [3.05, 3.63) is 64.8 Å². The van der Waals surface area contributed by atoms with Gasteiger partial charge in [-0.15, -0.1) is 11.6 Å². The van der Waals surface area contributed by atoms with E-state index in [1.165, 1.54) is 3.97 Å². The molecule has 2 aromatic carbocycles. The van der Waals surface area contributed by atoms with E-state index in [-0.39, 0.29) is 10.8 Å². The number of halogens is 2. The smallest absolute Gasteiger partial charge is 0.241 e. The van der Waals surface area contributed by atoms with Crippen molar-refractivity contribution in [1.82, 2.24) is 3.97 Å². The molecule has 1 heterocycles. The summed E-state index contributed by atoms with van der Waals surface area (Å²) >= 11 is 12.0. The average molecular weight is 382 g/mol. The van der Waals surface area contributed by atoms with Gasteiger partial charge in [0.1, 0.15) is 0 Å². The number of hydrogen-bond acceptors (Lipinski definition) is 2. The summed E-state index contributed by atoms with van der Waals surface area (Å²) in [5, 5.41) is 1.30. The second-order valence-electron chi connectivity index (χ2n) is 5.97. The predicted octanol–water partition coefficient (Wildman–Crippen LogP) is 5.39. The van der Waals surface area contributed by atoms with Crippen LogP contribution in [-0.2, 0) is 15.9 Å². The van der Waals surface area contributed by atoms with E-state index < -0.39 is 10.0 Å². The lowest BCUT2D eigenvalue weighted by molar-refractivity contribution is 0.589. The highest BCUT2D eigenvalue weighted by Crippen LogP contribution is 2.29. The van der Waals surface area contributed by atoms with Gasteiger partial charge in [-0.3, -0.25) is 0 Å². The van der Waals surface area contributed by atoms with Crippen LogP contribution >= 0.6 is 23.2 Å². The fourth-order valence-corrected chi connectivity index (χ4v) is 4.46. The topological polar surface area (TPSA) is 39.1 Å². The molecule has 0 radical (unpaired) electrons. The van der Waals surface area contributed by atoms with Gasteiger partial charge in [-0.1, -0.05) is 37.6 Å². The molecule has 24 heavy (non-hydrogen) atoms. The van der Waals surface area contributed by atoms with Crippen molar-refractivity contribution in [3.63, 3.8) is 0 Å². The van der Waals surface area contributed by atoms with E-state index in [1.807, 2.05) is 12.1 Å². The molecule has 0 aliphatic heterocycles. The van der Waals surface area contributed by atoms with Gasteiger partial charge >= 0.3 is 0 Å². The fourth-order valence-electron chi connectivity index (χ4n) is 2.68. The molecule has 0 fully saturated rings. The van der Waals surface area contributed by atoms with Gasteiger partial charge in [0.05, 0.1) is 10.4 Å². The van der Waals surface area contributed by atoms with Gasteiger partial charge < -0.3 is 0 Å². The summed E-state index contributed by atoms with van der Waals surface area (Å²) in [6.45, 7) is 4.14. The van der Waals surface area contributed by atoms with Gasteiger partial charge in [-0.2, -0.15) is 0 Å². The van der Waals surface area contributed by atoms with Crippen molar-refractivity contribution in [2.45, 2.75) is 30.5 Å². The highest BCUT2D eigenvalue weighted by atomic mass is 35.5. The molecule has 0 saturated heterocycles. The summed E-state index contributed by atoms with van der Waals surface area (Å²) in [6, 6.07) is 12.1. The molecular weight excluding hydrogens is 365 g/mol. The standard InChI is InChI=1S/C18H17Cl2NO2S/c1-12(2)13-3-6-16(7-4-13)24(22,23)21-11-14(10-19)17-9-15(20)5-8-18(17)21/h3-9,11-12H,10H2,1-2H3. The Bertz CT molecular complexity index is 990. The Hall–Kier alpha value is -1.49. The van der Waals surface area contributed by atoms with Gasteiger partial charge in [0.2, 0.25) is 0 Å².